The first kappa shape index (κ1) is 25.2. The Hall–Kier alpha value is 0.254. The summed E-state index contributed by atoms with van der Waals surface area (Å²) in [6.45, 7) is 12.1. The maximum absolute atomic E-state index is 8.20. The van der Waals surface area contributed by atoms with Gasteiger partial charge in [-0.15, -0.1) is 0 Å². The van der Waals surface area contributed by atoms with E-state index in [2.05, 4.69) is 24.3 Å². The van der Waals surface area contributed by atoms with Gasteiger partial charge in [0.25, 0.3) is 0 Å². The molecule has 0 heterocycles. The largest absolute Gasteiger partial charge is 2.00 e. The molecule has 0 aliphatic carbocycles. The van der Waals surface area contributed by atoms with Gasteiger partial charge in [-0.1, -0.05) is 13.8 Å². The van der Waals surface area contributed by atoms with Crippen molar-refractivity contribution >= 4 is 9.03 Å². The molecule has 0 bridgehead atoms. The average molecular weight is 353 g/mol. The molecule has 0 aromatic heterocycles. The molecule has 0 fully saturated rings. The minimum atomic E-state index is -0.0656. The summed E-state index contributed by atoms with van der Waals surface area (Å²) in [7, 11) is 1.70. The van der Waals surface area contributed by atoms with Gasteiger partial charge >= 0.3 is 16.5 Å². The minimum Gasteiger partial charge on any atom is -0.395 e. The third-order valence-electron chi connectivity index (χ3n) is 1.33. The molecule has 0 aromatic carbocycles. The quantitative estimate of drug-likeness (QED) is 0.288. The normalized spacial score (nSPS) is 11.1. The van der Waals surface area contributed by atoms with Crippen LogP contribution in [0.15, 0.2) is 0 Å². The maximum atomic E-state index is 8.20. The Kier molecular flexibility index (Phi) is 39.8. The van der Waals surface area contributed by atoms with Gasteiger partial charge in [-0.05, 0) is 7.05 Å². The molecule has 2 atom stereocenters. The molecule has 0 radical (unpaired) electrons. The van der Waals surface area contributed by atoms with Crippen molar-refractivity contribution in [2.24, 2.45) is 0 Å². The number of hydrogen-bond donors (Lipinski definition) is 2. The van der Waals surface area contributed by atoms with Crippen LogP contribution in [-0.2, 0) is 25.5 Å². The SMILES string of the molecule is [3H]OC[C@@H](COPOCCC#N)NC.[CH2-]CC.[CH2-]CC.[Ni+2]. The summed E-state index contributed by atoms with van der Waals surface area (Å²) in [5, 5.41) is 15.4. The van der Waals surface area contributed by atoms with Crippen LogP contribution < -0.4 is 5.32 Å². The number of aliphatic hydroxyl groups is 1. The summed E-state index contributed by atoms with van der Waals surface area (Å²) >= 11 is 0. The van der Waals surface area contributed by atoms with Crippen LogP contribution in [-0.4, -0.2) is 39.5 Å². The zero-order valence-corrected chi connectivity index (χ0v) is 14.7. The van der Waals surface area contributed by atoms with Crippen LogP contribution in [0.2, 0.25) is 0 Å². The number of aliphatic hydroxyl groups excluding tert-OH is 1. The summed E-state index contributed by atoms with van der Waals surface area (Å²) in [6.07, 6.45) is 2.38. The summed E-state index contributed by atoms with van der Waals surface area (Å²) < 4.78 is 16.7. The second-order valence-corrected chi connectivity index (χ2v) is 4.05. The Morgan fingerprint density at radius 3 is 2.35 bits per heavy atom. The van der Waals surface area contributed by atoms with Gasteiger partial charge in [-0.2, -0.15) is 18.1 Å². The van der Waals surface area contributed by atoms with E-state index in [0.717, 1.165) is 12.8 Å². The average Bonchev–Trinajstić information content (AvgIpc) is 2.43. The molecule has 0 saturated heterocycles. The number of likely N-dealkylation sites (N-methyl/N-ethyl adjacent to an activating group) is 1. The third-order valence-corrected chi connectivity index (χ3v) is 1.93. The van der Waals surface area contributed by atoms with E-state index in [9.17, 15) is 0 Å². The van der Waals surface area contributed by atoms with Crippen molar-refractivity contribution in [3.05, 3.63) is 13.8 Å². The molecule has 0 aliphatic rings. The van der Waals surface area contributed by atoms with Gasteiger partial charge in [-0.3, -0.25) is 0 Å². The van der Waals surface area contributed by atoms with Gasteiger partial charge in [0.05, 0.1) is 38.4 Å². The molecule has 20 heavy (non-hydrogen) atoms. The fraction of sp³-hybridized carbons (Fsp3) is 0.769. The first-order valence-electron chi connectivity index (χ1n) is 6.78. The molecule has 0 aliphatic heterocycles. The summed E-state index contributed by atoms with van der Waals surface area (Å²) in [5.41, 5.74) is 0. The molecule has 5 nitrogen and oxygen atoms in total. The minimum absolute atomic E-state index is 0. The number of nitriles is 1. The fourth-order valence-corrected chi connectivity index (χ4v) is 1.07. The Balaban J connectivity index is -0.000000177. The predicted molar refractivity (Wildman–Crippen MR) is 81.7 cm³/mol. The van der Waals surface area contributed by atoms with Gasteiger partial charge in [0.1, 0.15) is 0 Å². The summed E-state index contributed by atoms with van der Waals surface area (Å²) in [5.74, 6) is 0. The zero-order valence-electron chi connectivity index (χ0n) is 13.7. The van der Waals surface area contributed by atoms with Crippen LogP contribution in [0.4, 0.5) is 0 Å². The molecule has 2 N–H and O–H groups in total. The van der Waals surface area contributed by atoms with Crippen LogP contribution in [0.3, 0.4) is 0 Å². The first-order valence-corrected chi connectivity index (χ1v) is 7.19. The van der Waals surface area contributed by atoms with Crippen molar-refractivity contribution in [3.8, 4) is 6.07 Å². The Bertz CT molecular complexity index is 199. The Morgan fingerprint density at radius 2 is 1.95 bits per heavy atom. The first-order chi connectivity index (χ1) is 9.67. The van der Waals surface area contributed by atoms with E-state index in [-0.39, 0.29) is 38.2 Å². The van der Waals surface area contributed by atoms with E-state index in [1.807, 2.05) is 19.9 Å². The second-order valence-electron chi connectivity index (χ2n) is 3.30. The molecule has 124 valence electrons. The molecular weight excluding hydrogens is 322 g/mol. The van der Waals surface area contributed by atoms with Gasteiger partial charge in [0, 0.05) is 0 Å². The second kappa shape index (κ2) is 31.6. The molecule has 0 rings (SSSR count). The topological polar surface area (TPSA) is 74.5 Å². The van der Waals surface area contributed by atoms with E-state index in [1.165, 1.54) is 0 Å². The van der Waals surface area contributed by atoms with Crippen molar-refractivity contribution in [3.63, 3.8) is 0 Å². The van der Waals surface area contributed by atoms with E-state index in [0.29, 0.717) is 19.6 Å². The van der Waals surface area contributed by atoms with Gasteiger partial charge in [0.2, 0.25) is 1.43 Å². The fourth-order valence-electron chi connectivity index (χ4n) is 0.529. The van der Waals surface area contributed by atoms with Crippen LogP contribution in [0.5, 0.6) is 0 Å². The molecule has 0 amide bonds. The zero-order chi connectivity index (χ0) is 16.1. The third kappa shape index (κ3) is 36.2. The maximum Gasteiger partial charge on any atom is 2.00 e. The van der Waals surface area contributed by atoms with E-state index in [4.69, 9.17) is 15.7 Å². The van der Waals surface area contributed by atoms with Gasteiger partial charge < -0.3 is 33.3 Å². The van der Waals surface area contributed by atoms with Crippen LogP contribution >= 0.6 is 9.03 Å². The van der Waals surface area contributed by atoms with E-state index in [1.54, 1.807) is 7.05 Å². The number of rotatable bonds is 9. The van der Waals surface area contributed by atoms with Crippen molar-refractivity contribution in [1.82, 2.24) is 5.32 Å². The predicted octanol–water partition coefficient (Wildman–Crippen LogP) is 2.48. The standard InChI is InChI=1S/C7H15N2O3P.2C3H7.Ni/c1-9-7(5-10)6-12-13-11-4-2-3-8;2*1-3-2;/h7,9-10,13H,2,4-6H2,1H3;2*1,3H2,2H3;/q;2*-1;+2/t7-;;;/m0.../s1/i10T;;;. The number of nitrogens with zero attached hydrogens (tertiary/aromatic N) is 1. The van der Waals surface area contributed by atoms with Crippen LogP contribution in [0.25, 0.3) is 0 Å². The van der Waals surface area contributed by atoms with Gasteiger partial charge in [0.15, 0.2) is 9.03 Å². The molecule has 1 unspecified atom stereocenters. The Labute approximate surface area is 138 Å². The van der Waals surface area contributed by atoms with Crippen molar-refractivity contribution < 1.29 is 30.6 Å². The van der Waals surface area contributed by atoms with Crippen LogP contribution in [0, 0.1) is 25.2 Å². The molecule has 0 saturated carbocycles. The van der Waals surface area contributed by atoms with Crippen molar-refractivity contribution in [2.45, 2.75) is 39.2 Å². The van der Waals surface area contributed by atoms with Gasteiger partial charge in [-0.25, -0.2) is 0 Å². The summed E-state index contributed by atoms with van der Waals surface area (Å²) in [4.78, 5) is 0. The number of hydrogen-bond acceptors (Lipinski definition) is 5. The van der Waals surface area contributed by atoms with Crippen molar-refractivity contribution in [2.75, 3.05) is 26.9 Å². The summed E-state index contributed by atoms with van der Waals surface area (Å²) in [6, 6.07) is 1.97. The van der Waals surface area contributed by atoms with Crippen LogP contribution in [0.1, 0.15) is 33.1 Å². The smallest absolute Gasteiger partial charge is 0.395 e. The van der Waals surface area contributed by atoms with E-state index < -0.39 is 0 Å². The molecule has 0 spiro atoms. The monoisotopic (exact) mass is 352 g/mol. The Morgan fingerprint density at radius 1 is 1.40 bits per heavy atom. The van der Waals surface area contributed by atoms with Crippen molar-refractivity contribution in [1.29, 1.82) is 6.69 Å². The molecule has 7 heteroatoms. The molecular formula is C13H29N2NiO3P. The van der Waals surface area contributed by atoms with E-state index >= 15 is 0 Å². The number of nitrogens with one attached hydrogen (secondary N) is 1. The molecule has 0 aromatic rings.